The summed E-state index contributed by atoms with van der Waals surface area (Å²) in [5.74, 6) is 0. The molecule has 0 aliphatic carbocycles. The number of aromatic nitrogens is 3. The highest BCUT2D eigenvalue weighted by Gasteiger charge is 2.03. The molecule has 1 aromatic heterocycles. The maximum Gasteiger partial charge on any atom is 0.164 e. The Hall–Kier alpha value is -0.570. The van der Waals surface area contributed by atoms with Gasteiger partial charge in [0.25, 0.3) is 0 Å². The van der Waals surface area contributed by atoms with Gasteiger partial charge in [-0.15, -0.1) is 9.36 Å². The van der Waals surface area contributed by atoms with Gasteiger partial charge in [0, 0.05) is 6.92 Å². The Kier molecular flexibility index (Phi) is 3.36. The van der Waals surface area contributed by atoms with Gasteiger partial charge in [-0.2, -0.15) is 0 Å². The van der Waals surface area contributed by atoms with Crippen molar-refractivity contribution in [3.8, 4) is 0 Å². The van der Waals surface area contributed by atoms with Crippen molar-refractivity contribution >= 4 is 0 Å². The molecule has 1 heterocycles. The van der Waals surface area contributed by atoms with Gasteiger partial charge in [-0.05, 0) is 6.92 Å². The van der Waals surface area contributed by atoms with Gasteiger partial charge in [0.05, 0.1) is 5.21 Å². The van der Waals surface area contributed by atoms with Crippen molar-refractivity contribution in [3.63, 3.8) is 0 Å². The van der Waals surface area contributed by atoms with E-state index in [0.29, 0.717) is 0 Å². The molecule has 0 spiro atoms. The Bertz CT molecular complexity index is 187. The minimum Gasteiger partial charge on any atom is -1.00 e. The first-order valence-electron chi connectivity index (χ1n) is 3.14. The highest BCUT2D eigenvalue weighted by molar-refractivity contribution is 4.82. The third-order valence-corrected chi connectivity index (χ3v) is 1.42. The molecule has 0 radical (unpaired) electrons. The van der Waals surface area contributed by atoms with Gasteiger partial charge in [0.15, 0.2) is 11.9 Å². The average Bonchev–Trinajstić information content (AvgIpc) is 2.13. The van der Waals surface area contributed by atoms with Gasteiger partial charge in [-0.1, -0.05) is 0 Å². The SMILES string of the molecule is CC[n+]1cc(C)n(C)n1.[Cl-]. The summed E-state index contributed by atoms with van der Waals surface area (Å²) in [6, 6.07) is 0. The zero-order valence-electron chi connectivity index (χ0n) is 6.50. The molecular formula is C6H12ClN3. The summed E-state index contributed by atoms with van der Waals surface area (Å²) in [6.45, 7) is 5.06. The topological polar surface area (TPSA) is 21.7 Å². The van der Waals surface area contributed by atoms with Crippen LogP contribution < -0.4 is 17.1 Å². The molecule has 4 heteroatoms. The fraction of sp³-hybridized carbons (Fsp3) is 0.667. The molecule has 0 saturated carbocycles. The Labute approximate surface area is 67.0 Å². The molecule has 1 aromatic rings. The summed E-state index contributed by atoms with van der Waals surface area (Å²) < 4.78 is 3.78. The first-order chi connectivity index (χ1) is 4.24. The molecule has 58 valence electrons. The molecule has 0 unspecified atom stereocenters. The Morgan fingerprint density at radius 1 is 1.70 bits per heavy atom. The normalized spacial score (nSPS) is 9.10. The van der Waals surface area contributed by atoms with E-state index in [4.69, 9.17) is 0 Å². The van der Waals surface area contributed by atoms with Crippen LogP contribution >= 0.6 is 0 Å². The van der Waals surface area contributed by atoms with E-state index in [1.54, 1.807) is 0 Å². The fourth-order valence-corrected chi connectivity index (χ4v) is 0.722. The van der Waals surface area contributed by atoms with E-state index in [1.165, 1.54) is 5.69 Å². The maximum atomic E-state index is 4.16. The molecule has 3 nitrogen and oxygen atoms in total. The molecule has 0 aliphatic rings. The number of hydrogen-bond donors (Lipinski definition) is 0. The van der Waals surface area contributed by atoms with E-state index in [0.717, 1.165) is 6.54 Å². The second-order valence-electron chi connectivity index (χ2n) is 2.14. The predicted octanol–water partition coefficient (Wildman–Crippen LogP) is -2.96. The van der Waals surface area contributed by atoms with Gasteiger partial charge in [-0.25, -0.2) is 0 Å². The van der Waals surface area contributed by atoms with E-state index < -0.39 is 0 Å². The van der Waals surface area contributed by atoms with Gasteiger partial charge in [0.1, 0.15) is 13.6 Å². The Balaban J connectivity index is 0.000000810. The molecule has 0 N–H and O–H groups in total. The van der Waals surface area contributed by atoms with Gasteiger partial charge in [-0.3, -0.25) is 0 Å². The lowest BCUT2D eigenvalue weighted by molar-refractivity contribution is -0.752. The average molecular weight is 162 g/mol. The van der Waals surface area contributed by atoms with Gasteiger partial charge < -0.3 is 12.4 Å². The zero-order valence-corrected chi connectivity index (χ0v) is 7.26. The van der Waals surface area contributed by atoms with Crippen molar-refractivity contribution in [1.29, 1.82) is 0 Å². The van der Waals surface area contributed by atoms with E-state index in [9.17, 15) is 0 Å². The van der Waals surface area contributed by atoms with Crippen LogP contribution in [0.1, 0.15) is 12.6 Å². The van der Waals surface area contributed by atoms with E-state index in [2.05, 4.69) is 12.1 Å². The van der Waals surface area contributed by atoms with Crippen molar-refractivity contribution in [1.82, 2.24) is 9.90 Å². The summed E-state index contributed by atoms with van der Waals surface area (Å²) >= 11 is 0. The monoisotopic (exact) mass is 161 g/mol. The predicted molar refractivity (Wildman–Crippen MR) is 33.8 cm³/mol. The van der Waals surface area contributed by atoms with E-state index in [1.807, 2.05) is 29.5 Å². The first-order valence-corrected chi connectivity index (χ1v) is 3.14. The largest absolute Gasteiger partial charge is 1.00 e. The lowest BCUT2D eigenvalue weighted by Crippen LogP contribution is -3.00. The van der Waals surface area contributed by atoms with Crippen LogP contribution in [0.15, 0.2) is 6.20 Å². The summed E-state index contributed by atoms with van der Waals surface area (Å²) in [6.07, 6.45) is 2.03. The molecule has 0 fully saturated rings. The van der Waals surface area contributed by atoms with Crippen molar-refractivity contribution in [2.45, 2.75) is 20.4 Å². The third kappa shape index (κ3) is 1.70. The van der Waals surface area contributed by atoms with Crippen LogP contribution in [0, 0.1) is 6.92 Å². The first kappa shape index (κ1) is 9.43. The van der Waals surface area contributed by atoms with Crippen molar-refractivity contribution in [2.75, 3.05) is 0 Å². The molecule has 0 aliphatic heterocycles. The molecular weight excluding hydrogens is 150 g/mol. The smallest absolute Gasteiger partial charge is 0.164 e. The quantitative estimate of drug-likeness (QED) is 0.404. The second kappa shape index (κ2) is 3.56. The van der Waals surface area contributed by atoms with Crippen LogP contribution in [0.25, 0.3) is 0 Å². The third-order valence-electron chi connectivity index (χ3n) is 1.42. The van der Waals surface area contributed by atoms with Crippen LogP contribution in [0.4, 0.5) is 0 Å². The number of aryl methyl sites for hydroxylation is 3. The van der Waals surface area contributed by atoms with Crippen LogP contribution in [0.3, 0.4) is 0 Å². The molecule has 0 saturated heterocycles. The van der Waals surface area contributed by atoms with Crippen molar-refractivity contribution < 1.29 is 17.1 Å². The maximum absolute atomic E-state index is 4.16. The number of rotatable bonds is 1. The van der Waals surface area contributed by atoms with Crippen LogP contribution in [-0.2, 0) is 13.6 Å². The zero-order chi connectivity index (χ0) is 6.85. The van der Waals surface area contributed by atoms with Crippen LogP contribution in [-0.4, -0.2) is 9.90 Å². The van der Waals surface area contributed by atoms with E-state index >= 15 is 0 Å². The molecule has 10 heavy (non-hydrogen) atoms. The van der Waals surface area contributed by atoms with Crippen molar-refractivity contribution in [3.05, 3.63) is 11.9 Å². The highest BCUT2D eigenvalue weighted by atomic mass is 35.5. The number of nitrogens with zero attached hydrogens (tertiary/aromatic N) is 3. The lowest BCUT2D eigenvalue weighted by Gasteiger charge is -1.78. The van der Waals surface area contributed by atoms with Gasteiger partial charge >= 0.3 is 0 Å². The summed E-state index contributed by atoms with van der Waals surface area (Å²) in [4.78, 5) is 0. The summed E-state index contributed by atoms with van der Waals surface area (Å²) in [7, 11) is 1.95. The summed E-state index contributed by atoms with van der Waals surface area (Å²) in [5, 5.41) is 4.16. The molecule has 1 rings (SSSR count). The number of hydrogen-bond acceptors (Lipinski definition) is 1. The van der Waals surface area contributed by atoms with Crippen LogP contribution in [0.2, 0.25) is 0 Å². The Morgan fingerprint density at radius 3 is 2.50 bits per heavy atom. The molecule has 0 aromatic carbocycles. The minimum absolute atomic E-state index is 0. The van der Waals surface area contributed by atoms with E-state index in [-0.39, 0.29) is 12.4 Å². The lowest BCUT2D eigenvalue weighted by atomic mass is 10.5. The van der Waals surface area contributed by atoms with Crippen LogP contribution in [0.5, 0.6) is 0 Å². The van der Waals surface area contributed by atoms with Crippen molar-refractivity contribution in [2.24, 2.45) is 7.05 Å². The fourth-order valence-electron chi connectivity index (χ4n) is 0.722. The Morgan fingerprint density at radius 2 is 2.30 bits per heavy atom. The second-order valence-corrected chi connectivity index (χ2v) is 2.14. The molecule has 0 amide bonds. The van der Waals surface area contributed by atoms with Gasteiger partial charge in [0.2, 0.25) is 0 Å². The summed E-state index contributed by atoms with van der Waals surface area (Å²) in [5.41, 5.74) is 1.19. The highest BCUT2D eigenvalue weighted by Crippen LogP contribution is 1.84. The minimum atomic E-state index is 0. The standard InChI is InChI=1S/C6H12N3.ClH/c1-4-9-5-6(2)8(3)7-9;/h5H,4H2,1-3H3;1H/q+1;/p-1. The number of halogens is 1. The molecule has 0 bridgehead atoms. The molecule has 0 atom stereocenters.